The van der Waals surface area contributed by atoms with Crippen molar-refractivity contribution in [2.45, 2.75) is 51.7 Å². The molecule has 2 atom stereocenters. The first-order valence-electron chi connectivity index (χ1n) is 10.4. The lowest BCUT2D eigenvalue weighted by Gasteiger charge is -2.07. The molecule has 0 bridgehead atoms. The molecule has 1 unspecified atom stereocenters. The zero-order chi connectivity index (χ0) is 23.2. The molecule has 2 aromatic rings. The van der Waals surface area contributed by atoms with Crippen LogP contribution in [0.3, 0.4) is 0 Å². The molecular weight excluding hydrogens is 453 g/mol. The number of unbranched alkanes of at least 4 members (excludes halogenated alkanes) is 3. The molecule has 0 amide bonds. The van der Waals surface area contributed by atoms with Gasteiger partial charge in [-0.2, -0.15) is 0 Å². The van der Waals surface area contributed by atoms with Crippen LogP contribution in [0.2, 0.25) is 5.02 Å². The number of esters is 2. The SMILES string of the molecule is C[C@H](N=[P+]([O-])Oc1ccccc1Cl)C(=O)OCCCCCCC(=O)OCc1ccccc1. The topological polar surface area (TPSA) is 97.3 Å². The van der Waals surface area contributed by atoms with Gasteiger partial charge in [-0.3, -0.25) is 9.32 Å². The minimum atomic E-state index is -2.45. The highest BCUT2D eigenvalue weighted by Crippen LogP contribution is 2.30. The molecule has 0 N–H and O–H groups in total. The molecule has 2 aromatic carbocycles. The lowest BCUT2D eigenvalue weighted by Crippen LogP contribution is -2.19. The van der Waals surface area contributed by atoms with Gasteiger partial charge in [-0.1, -0.05) is 71.7 Å². The normalized spacial score (nSPS) is 12.2. The molecule has 172 valence electrons. The summed E-state index contributed by atoms with van der Waals surface area (Å²) < 4.78 is 19.4. The summed E-state index contributed by atoms with van der Waals surface area (Å²) in [6.07, 6.45) is 3.39. The van der Waals surface area contributed by atoms with E-state index in [1.807, 2.05) is 30.3 Å². The van der Waals surface area contributed by atoms with E-state index < -0.39 is 20.2 Å². The maximum Gasteiger partial charge on any atom is 0.395 e. The van der Waals surface area contributed by atoms with Crippen molar-refractivity contribution in [3.8, 4) is 5.75 Å². The van der Waals surface area contributed by atoms with Gasteiger partial charge in [0, 0.05) is 6.42 Å². The second kappa shape index (κ2) is 14.6. The number of benzene rings is 2. The summed E-state index contributed by atoms with van der Waals surface area (Å²) in [4.78, 5) is 35.7. The van der Waals surface area contributed by atoms with Crippen LogP contribution >= 0.6 is 19.8 Å². The van der Waals surface area contributed by atoms with Crippen LogP contribution < -0.4 is 9.42 Å². The predicted molar refractivity (Wildman–Crippen MR) is 121 cm³/mol. The van der Waals surface area contributed by atoms with E-state index in [0.29, 0.717) is 24.3 Å². The fraction of sp³-hybridized carbons (Fsp3) is 0.391. The van der Waals surface area contributed by atoms with Crippen LogP contribution in [0.4, 0.5) is 0 Å². The van der Waals surface area contributed by atoms with Crippen molar-refractivity contribution in [1.82, 2.24) is 0 Å². The lowest BCUT2D eigenvalue weighted by atomic mass is 10.1. The zero-order valence-electron chi connectivity index (χ0n) is 17.9. The average molecular weight is 480 g/mol. The molecule has 0 saturated carbocycles. The summed E-state index contributed by atoms with van der Waals surface area (Å²) in [5.41, 5.74) is 0.962. The number of rotatable bonds is 13. The van der Waals surface area contributed by atoms with E-state index in [4.69, 9.17) is 25.6 Å². The quantitative estimate of drug-likeness (QED) is 0.222. The predicted octanol–water partition coefficient (Wildman–Crippen LogP) is 5.20. The molecule has 0 aliphatic carbocycles. The lowest BCUT2D eigenvalue weighted by molar-refractivity contribution is -0.169. The Balaban J connectivity index is 1.54. The standard InChI is InChI=1S/C23H27ClNO6P/c1-18(25-32(28)31-21-14-9-8-13-20(21)24)23(27)29-16-10-3-2-7-15-22(26)30-17-19-11-5-4-6-12-19/h4-6,8-9,11-14,18H,2-3,7,10,15-17H2,1H3/t18-/m0/s1. The summed E-state index contributed by atoms with van der Waals surface area (Å²) in [5.74, 6) is -0.548. The Morgan fingerprint density at radius 3 is 2.44 bits per heavy atom. The summed E-state index contributed by atoms with van der Waals surface area (Å²) in [5, 5.41) is 0.311. The number of ether oxygens (including phenoxy) is 2. The molecule has 2 rings (SSSR count). The molecule has 7 nitrogen and oxygen atoms in total. The van der Waals surface area contributed by atoms with Gasteiger partial charge in [-0.05, 0) is 37.5 Å². The number of carbonyl (C=O) groups excluding carboxylic acids is 2. The molecule has 32 heavy (non-hydrogen) atoms. The highest BCUT2D eigenvalue weighted by Gasteiger charge is 2.19. The van der Waals surface area contributed by atoms with Crippen LogP contribution in [0.1, 0.15) is 44.6 Å². The fourth-order valence-corrected chi connectivity index (χ4v) is 3.62. The van der Waals surface area contributed by atoms with E-state index in [1.165, 1.54) is 6.92 Å². The van der Waals surface area contributed by atoms with Crippen molar-refractivity contribution in [2.75, 3.05) is 6.61 Å². The summed E-state index contributed by atoms with van der Waals surface area (Å²) in [6.45, 7) is 2.01. The molecule has 0 fully saturated rings. The van der Waals surface area contributed by atoms with Crippen LogP contribution in [0.15, 0.2) is 59.3 Å². The highest BCUT2D eigenvalue weighted by molar-refractivity contribution is 7.34. The third kappa shape index (κ3) is 10.2. The summed E-state index contributed by atoms with van der Waals surface area (Å²) >= 11 is 5.93. The summed E-state index contributed by atoms with van der Waals surface area (Å²) in [6, 6.07) is 15.2. The number of hydrogen-bond acceptors (Lipinski definition) is 7. The molecule has 0 spiro atoms. The number of hydrogen-bond donors (Lipinski definition) is 0. The van der Waals surface area contributed by atoms with E-state index >= 15 is 0 Å². The van der Waals surface area contributed by atoms with Crippen molar-refractivity contribution in [1.29, 1.82) is 0 Å². The fourth-order valence-electron chi connectivity index (χ4n) is 2.64. The van der Waals surface area contributed by atoms with Gasteiger partial charge >= 0.3 is 20.1 Å². The van der Waals surface area contributed by atoms with E-state index in [1.54, 1.807) is 24.3 Å². The van der Waals surface area contributed by atoms with Crippen molar-refractivity contribution in [3.63, 3.8) is 0 Å². The number of nitrogens with zero attached hydrogens (tertiary/aromatic N) is 1. The van der Waals surface area contributed by atoms with Crippen LogP contribution in [0.5, 0.6) is 5.75 Å². The molecule has 0 aromatic heterocycles. The largest absolute Gasteiger partial charge is 0.575 e. The first-order valence-corrected chi connectivity index (χ1v) is 11.9. The van der Waals surface area contributed by atoms with Gasteiger partial charge in [0.1, 0.15) is 6.61 Å². The smallest absolute Gasteiger partial charge is 0.395 e. The van der Waals surface area contributed by atoms with Gasteiger partial charge in [-0.25, -0.2) is 4.79 Å². The first-order chi connectivity index (χ1) is 15.5. The molecular formula is C23H27ClNO6P. The van der Waals surface area contributed by atoms with Crippen LogP contribution in [-0.4, -0.2) is 24.6 Å². The number of carbonyl (C=O) groups is 2. The molecule has 0 radical (unpaired) electrons. The highest BCUT2D eigenvalue weighted by atomic mass is 35.5. The summed E-state index contributed by atoms with van der Waals surface area (Å²) in [7, 11) is -2.45. The van der Waals surface area contributed by atoms with Gasteiger partial charge in [0.25, 0.3) is 0 Å². The maximum atomic E-state index is 12.0. The van der Waals surface area contributed by atoms with Crippen LogP contribution in [0.25, 0.3) is 0 Å². The van der Waals surface area contributed by atoms with Crippen LogP contribution in [-0.2, 0) is 25.7 Å². The Hall–Kier alpha value is -2.47. The first kappa shape index (κ1) is 25.8. The van der Waals surface area contributed by atoms with Crippen molar-refractivity contribution < 1.29 is 28.5 Å². The monoisotopic (exact) mass is 479 g/mol. The molecule has 0 aliphatic heterocycles. The van der Waals surface area contributed by atoms with Crippen LogP contribution in [0, 0.1) is 0 Å². The van der Waals surface area contributed by atoms with Gasteiger partial charge in [0.2, 0.25) is 5.75 Å². The van der Waals surface area contributed by atoms with Crippen molar-refractivity contribution in [3.05, 3.63) is 65.2 Å². The molecule has 0 saturated heterocycles. The van der Waals surface area contributed by atoms with E-state index in [0.717, 1.165) is 18.4 Å². The zero-order valence-corrected chi connectivity index (χ0v) is 19.6. The second-order valence-corrected chi connectivity index (χ2v) is 8.33. The average Bonchev–Trinajstić information content (AvgIpc) is 2.79. The molecule has 0 aliphatic rings. The minimum absolute atomic E-state index is 0.219. The Morgan fingerprint density at radius 2 is 1.69 bits per heavy atom. The Morgan fingerprint density at radius 1 is 1.00 bits per heavy atom. The van der Waals surface area contributed by atoms with E-state index in [2.05, 4.69) is 4.74 Å². The number of halogens is 1. The van der Waals surface area contributed by atoms with Gasteiger partial charge in [0.05, 0.1) is 11.6 Å². The third-order valence-corrected chi connectivity index (χ3v) is 5.58. The maximum absolute atomic E-state index is 12.0. The van der Waals surface area contributed by atoms with E-state index in [9.17, 15) is 14.5 Å². The van der Waals surface area contributed by atoms with Crippen molar-refractivity contribution in [2.24, 2.45) is 4.74 Å². The Kier molecular flexibility index (Phi) is 11.7. The van der Waals surface area contributed by atoms with E-state index in [-0.39, 0.29) is 24.9 Å². The second-order valence-electron chi connectivity index (χ2n) is 7.03. The number of para-hydroxylation sites is 1. The van der Waals surface area contributed by atoms with Gasteiger partial charge in [0.15, 0.2) is 6.04 Å². The minimum Gasteiger partial charge on any atom is -0.575 e. The Labute approximate surface area is 194 Å². The third-order valence-electron chi connectivity index (χ3n) is 4.38. The Bertz CT molecular complexity index is 893. The van der Waals surface area contributed by atoms with Crippen molar-refractivity contribution >= 4 is 31.7 Å². The molecule has 0 heterocycles. The molecule has 9 heteroatoms. The van der Waals surface area contributed by atoms with Gasteiger partial charge < -0.3 is 14.4 Å². The van der Waals surface area contributed by atoms with Gasteiger partial charge in [-0.15, -0.1) is 0 Å².